The Morgan fingerprint density at radius 1 is 0.963 bits per heavy atom. The fraction of sp³-hybridized carbons (Fsp3) is 0.250. The van der Waals surface area contributed by atoms with E-state index in [1.54, 1.807) is 43.3 Å². The van der Waals surface area contributed by atoms with Crippen molar-refractivity contribution in [3.05, 3.63) is 65.2 Å². The first-order valence-electron chi connectivity index (χ1n) is 8.53. The van der Waals surface area contributed by atoms with Crippen molar-refractivity contribution in [2.45, 2.75) is 26.9 Å². The normalized spacial score (nSPS) is 11.2. The zero-order chi connectivity index (χ0) is 19.8. The van der Waals surface area contributed by atoms with Crippen molar-refractivity contribution in [3.8, 4) is 5.75 Å². The molecule has 7 heteroatoms. The van der Waals surface area contributed by atoms with Gasteiger partial charge in [0.05, 0.1) is 6.54 Å². The number of benzene rings is 2. The van der Waals surface area contributed by atoms with E-state index < -0.39 is 17.9 Å². The van der Waals surface area contributed by atoms with E-state index in [1.165, 1.54) is 0 Å². The van der Waals surface area contributed by atoms with Crippen LogP contribution in [0, 0.1) is 13.8 Å². The Kier molecular flexibility index (Phi) is 6.93. The lowest BCUT2D eigenvalue weighted by atomic mass is 10.1. The lowest BCUT2D eigenvalue weighted by Crippen LogP contribution is -2.50. The molecular formula is C20H23N3O4. The predicted molar refractivity (Wildman–Crippen MR) is 101 cm³/mol. The third-order valence-electron chi connectivity index (χ3n) is 4.00. The average Bonchev–Trinajstić information content (AvgIpc) is 2.68. The molecule has 3 N–H and O–H groups in total. The maximum atomic E-state index is 12.1. The second kappa shape index (κ2) is 9.38. The molecule has 1 atom stereocenters. The van der Waals surface area contributed by atoms with Crippen molar-refractivity contribution < 1.29 is 19.1 Å². The van der Waals surface area contributed by atoms with E-state index >= 15 is 0 Å². The summed E-state index contributed by atoms with van der Waals surface area (Å²) in [5.41, 5.74) is 6.99. The van der Waals surface area contributed by atoms with Crippen molar-refractivity contribution in [2.75, 3.05) is 6.54 Å². The van der Waals surface area contributed by atoms with E-state index in [1.807, 2.05) is 26.0 Å². The van der Waals surface area contributed by atoms with Crippen LogP contribution in [0.1, 0.15) is 28.4 Å². The summed E-state index contributed by atoms with van der Waals surface area (Å²) in [6.07, 6.45) is -0.801. The first kappa shape index (κ1) is 20.0. The lowest BCUT2D eigenvalue weighted by molar-refractivity contribution is -0.132. The summed E-state index contributed by atoms with van der Waals surface area (Å²) in [5.74, 6) is -0.812. The molecule has 0 aromatic heterocycles. The summed E-state index contributed by atoms with van der Waals surface area (Å²) in [7, 11) is 0. The van der Waals surface area contributed by atoms with Crippen LogP contribution in [0.25, 0.3) is 0 Å². The molecule has 2 aromatic rings. The fourth-order valence-corrected chi connectivity index (χ4v) is 2.23. The number of hydrogen-bond donors (Lipinski definition) is 3. The van der Waals surface area contributed by atoms with Gasteiger partial charge in [-0.1, -0.05) is 30.3 Å². The Bertz CT molecular complexity index is 821. The first-order valence-corrected chi connectivity index (χ1v) is 8.53. The number of ether oxygens (including phenoxy) is 1. The Balaban J connectivity index is 1.76. The summed E-state index contributed by atoms with van der Waals surface area (Å²) >= 11 is 0. The highest BCUT2D eigenvalue weighted by Crippen LogP contribution is 2.21. The van der Waals surface area contributed by atoms with Crippen LogP contribution in [-0.4, -0.2) is 30.4 Å². The standard InChI is InChI=1S/C20H23N3O4/c1-13-8-7-11-17(14(13)2)27-15(3)19(25)23-22-18(24)12-21-20(26)16-9-5-4-6-10-16/h4-11,15H,12H2,1-3H3,(H,21,26)(H,22,24)(H,23,25)/t15-/m0/s1. The van der Waals surface area contributed by atoms with Crippen LogP contribution in [0.2, 0.25) is 0 Å². The Hall–Kier alpha value is -3.35. The molecule has 7 nitrogen and oxygen atoms in total. The SMILES string of the molecule is Cc1cccc(O[C@@H](C)C(=O)NNC(=O)CNC(=O)c2ccccc2)c1C. The van der Waals surface area contributed by atoms with Crippen molar-refractivity contribution >= 4 is 17.7 Å². The molecule has 142 valence electrons. The molecule has 0 aliphatic rings. The highest BCUT2D eigenvalue weighted by molar-refractivity contribution is 5.96. The molecular weight excluding hydrogens is 346 g/mol. The average molecular weight is 369 g/mol. The maximum absolute atomic E-state index is 12.1. The zero-order valence-electron chi connectivity index (χ0n) is 15.5. The molecule has 27 heavy (non-hydrogen) atoms. The van der Waals surface area contributed by atoms with Gasteiger partial charge >= 0.3 is 0 Å². The number of amides is 3. The van der Waals surface area contributed by atoms with Crippen molar-refractivity contribution in [1.29, 1.82) is 0 Å². The smallest absolute Gasteiger partial charge is 0.279 e. The number of aryl methyl sites for hydroxylation is 1. The first-order chi connectivity index (χ1) is 12.9. The largest absolute Gasteiger partial charge is 0.481 e. The summed E-state index contributed by atoms with van der Waals surface area (Å²) in [6, 6.07) is 14.1. The minimum absolute atomic E-state index is 0.264. The van der Waals surface area contributed by atoms with Gasteiger partial charge in [0.15, 0.2) is 6.10 Å². The molecule has 3 amide bonds. The maximum Gasteiger partial charge on any atom is 0.279 e. The zero-order valence-corrected chi connectivity index (χ0v) is 15.5. The van der Waals surface area contributed by atoms with E-state index in [9.17, 15) is 14.4 Å². The van der Waals surface area contributed by atoms with Gasteiger partial charge in [-0.2, -0.15) is 0 Å². The van der Waals surface area contributed by atoms with Gasteiger partial charge < -0.3 is 10.1 Å². The van der Waals surface area contributed by atoms with Crippen LogP contribution < -0.4 is 20.9 Å². The van der Waals surface area contributed by atoms with Gasteiger partial charge in [0.1, 0.15) is 5.75 Å². The fourth-order valence-electron chi connectivity index (χ4n) is 2.23. The van der Waals surface area contributed by atoms with Gasteiger partial charge in [-0.15, -0.1) is 0 Å². The second-order valence-electron chi connectivity index (χ2n) is 6.04. The van der Waals surface area contributed by atoms with Gasteiger partial charge in [0, 0.05) is 5.56 Å². The Morgan fingerprint density at radius 3 is 2.37 bits per heavy atom. The molecule has 0 saturated carbocycles. The monoisotopic (exact) mass is 369 g/mol. The van der Waals surface area contributed by atoms with Crippen LogP contribution >= 0.6 is 0 Å². The number of rotatable bonds is 6. The molecule has 0 spiro atoms. The van der Waals surface area contributed by atoms with E-state index in [0.717, 1.165) is 11.1 Å². The molecule has 0 bridgehead atoms. The van der Waals surface area contributed by atoms with E-state index in [4.69, 9.17) is 4.74 Å². The van der Waals surface area contributed by atoms with Crippen LogP contribution in [0.5, 0.6) is 5.75 Å². The van der Waals surface area contributed by atoms with Gasteiger partial charge in [-0.3, -0.25) is 25.2 Å². The summed E-state index contributed by atoms with van der Waals surface area (Å²) in [5, 5.41) is 2.47. The lowest BCUT2D eigenvalue weighted by Gasteiger charge is -2.17. The molecule has 0 radical (unpaired) electrons. The van der Waals surface area contributed by atoms with E-state index in [2.05, 4.69) is 16.2 Å². The Morgan fingerprint density at radius 2 is 1.67 bits per heavy atom. The number of hydrazine groups is 1. The third-order valence-corrected chi connectivity index (χ3v) is 4.00. The molecule has 0 heterocycles. The molecule has 2 rings (SSSR count). The van der Waals surface area contributed by atoms with Gasteiger partial charge in [0.25, 0.3) is 17.7 Å². The Labute approximate surface area is 158 Å². The van der Waals surface area contributed by atoms with Crippen molar-refractivity contribution in [1.82, 2.24) is 16.2 Å². The molecule has 0 aliphatic carbocycles. The molecule has 0 unspecified atom stereocenters. The second-order valence-corrected chi connectivity index (χ2v) is 6.04. The molecule has 2 aromatic carbocycles. The number of hydrogen-bond acceptors (Lipinski definition) is 4. The minimum atomic E-state index is -0.801. The molecule has 0 saturated heterocycles. The van der Waals surface area contributed by atoms with Crippen LogP contribution in [0.15, 0.2) is 48.5 Å². The highest BCUT2D eigenvalue weighted by atomic mass is 16.5. The summed E-state index contributed by atoms with van der Waals surface area (Å²) < 4.78 is 5.64. The van der Waals surface area contributed by atoms with Crippen LogP contribution in [0.4, 0.5) is 0 Å². The van der Waals surface area contributed by atoms with Crippen LogP contribution in [0.3, 0.4) is 0 Å². The van der Waals surface area contributed by atoms with E-state index in [-0.39, 0.29) is 12.5 Å². The minimum Gasteiger partial charge on any atom is -0.481 e. The summed E-state index contributed by atoms with van der Waals surface area (Å²) in [4.78, 5) is 35.7. The van der Waals surface area contributed by atoms with Gasteiger partial charge in [0.2, 0.25) is 0 Å². The third kappa shape index (κ3) is 5.85. The summed E-state index contributed by atoms with van der Waals surface area (Å²) in [6.45, 7) is 5.18. The number of carbonyl (C=O) groups is 3. The molecule has 0 fully saturated rings. The van der Waals surface area contributed by atoms with Crippen LogP contribution in [-0.2, 0) is 9.59 Å². The topological polar surface area (TPSA) is 96.5 Å². The predicted octanol–water partition coefficient (Wildman–Crippen LogP) is 1.65. The van der Waals surface area contributed by atoms with Crippen molar-refractivity contribution in [3.63, 3.8) is 0 Å². The number of carbonyl (C=O) groups excluding carboxylic acids is 3. The van der Waals surface area contributed by atoms with Gasteiger partial charge in [-0.25, -0.2) is 0 Å². The van der Waals surface area contributed by atoms with E-state index in [0.29, 0.717) is 11.3 Å². The molecule has 0 aliphatic heterocycles. The number of nitrogens with one attached hydrogen (secondary N) is 3. The van der Waals surface area contributed by atoms with Gasteiger partial charge in [-0.05, 0) is 50.1 Å². The van der Waals surface area contributed by atoms with Crippen molar-refractivity contribution in [2.24, 2.45) is 0 Å². The highest BCUT2D eigenvalue weighted by Gasteiger charge is 2.17. The quantitative estimate of drug-likeness (QED) is 0.675.